The van der Waals surface area contributed by atoms with Crippen molar-refractivity contribution in [2.24, 2.45) is 5.92 Å². The Kier molecular flexibility index (Phi) is 8.26. The number of halogens is 1. The van der Waals surface area contributed by atoms with Crippen molar-refractivity contribution in [1.82, 2.24) is 24.4 Å². The highest BCUT2D eigenvalue weighted by atomic mass is 35.5. The molecular weight excluding hydrogens is 470 g/mol. The molecule has 2 aliphatic heterocycles. The van der Waals surface area contributed by atoms with Crippen LogP contribution in [0.15, 0.2) is 36.5 Å². The highest BCUT2D eigenvalue weighted by Crippen LogP contribution is 2.30. The lowest BCUT2D eigenvalue weighted by Gasteiger charge is -2.33. The topological polar surface area (TPSA) is 45.9 Å². The van der Waals surface area contributed by atoms with Gasteiger partial charge in [0.1, 0.15) is 0 Å². The van der Waals surface area contributed by atoms with Crippen molar-refractivity contribution in [2.75, 3.05) is 32.8 Å². The predicted molar refractivity (Wildman–Crippen MR) is 146 cm³/mol. The summed E-state index contributed by atoms with van der Waals surface area (Å²) < 4.78 is 7.74. The van der Waals surface area contributed by atoms with Crippen molar-refractivity contribution in [3.05, 3.63) is 64.1 Å². The van der Waals surface area contributed by atoms with E-state index in [0.29, 0.717) is 17.9 Å². The number of ether oxygens (including phenoxy) is 1. The molecule has 1 unspecified atom stereocenters. The van der Waals surface area contributed by atoms with E-state index in [1.807, 2.05) is 18.3 Å². The predicted octanol–water partition coefficient (Wildman–Crippen LogP) is 5.71. The number of aromatic nitrogens is 3. The summed E-state index contributed by atoms with van der Waals surface area (Å²) >= 11 is 6.09. The lowest BCUT2D eigenvalue weighted by molar-refractivity contribution is 0.0463. The Balaban J connectivity index is 1.34. The van der Waals surface area contributed by atoms with Gasteiger partial charge in [-0.15, -0.1) is 0 Å². The van der Waals surface area contributed by atoms with E-state index in [-0.39, 0.29) is 0 Å². The van der Waals surface area contributed by atoms with E-state index in [4.69, 9.17) is 26.4 Å². The van der Waals surface area contributed by atoms with Crippen LogP contribution in [0.4, 0.5) is 0 Å². The van der Waals surface area contributed by atoms with Crippen molar-refractivity contribution in [1.29, 1.82) is 0 Å². The Morgan fingerprint density at radius 1 is 1.11 bits per heavy atom. The molecule has 5 rings (SSSR count). The molecule has 0 bridgehead atoms. The molecule has 0 spiro atoms. The molecule has 0 aliphatic carbocycles. The SMILES string of the molecule is Cc1nn2c(C3CCCN(Cc4ccc(Cl)cc4)C3)ccnc2c1CN(CC1CCOCC1)C(C)C. The fourth-order valence-corrected chi connectivity index (χ4v) is 5.95. The molecule has 7 heteroatoms. The van der Waals surface area contributed by atoms with Gasteiger partial charge in [0.05, 0.1) is 11.4 Å². The molecule has 2 aromatic heterocycles. The smallest absolute Gasteiger partial charge is 0.160 e. The molecule has 2 fully saturated rings. The van der Waals surface area contributed by atoms with E-state index >= 15 is 0 Å². The molecule has 0 saturated carbocycles. The maximum absolute atomic E-state index is 6.09. The van der Waals surface area contributed by atoms with E-state index in [2.05, 4.69) is 53.3 Å². The van der Waals surface area contributed by atoms with Crippen molar-refractivity contribution in [3.63, 3.8) is 0 Å². The average molecular weight is 510 g/mol. The summed E-state index contributed by atoms with van der Waals surface area (Å²) in [5, 5.41) is 5.84. The molecule has 2 saturated heterocycles. The van der Waals surface area contributed by atoms with Gasteiger partial charge >= 0.3 is 0 Å². The summed E-state index contributed by atoms with van der Waals surface area (Å²) in [6.07, 6.45) is 6.69. The third-order valence-corrected chi connectivity index (χ3v) is 8.26. The van der Waals surface area contributed by atoms with Gasteiger partial charge in [-0.1, -0.05) is 23.7 Å². The number of aryl methyl sites for hydroxylation is 1. The molecule has 3 aromatic rings. The Bertz CT molecular complexity index is 1140. The molecular formula is C29H40ClN5O. The van der Waals surface area contributed by atoms with Gasteiger partial charge in [0.25, 0.3) is 0 Å². The molecule has 1 aromatic carbocycles. The van der Waals surface area contributed by atoms with Crippen LogP contribution in [0.25, 0.3) is 5.65 Å². The van der Waals surface area contributed by atoms with Gasteiger partial charge in [0.2, 0.25) is 0 Å². The molecule has 6 nitrogen and oxygen atoms in total. The van der Waals surface area contributed by atoms with E-state index < -0.39 is 0 Å². The lowest BCUT2D eigenvalue weighted by atomic mass is 9.94. The first-order valence-electron chi connectivity index (χ1n) is 13.6. The molecule has 194 valence electrons. The Morgan fingerprint density at radius 2 is 1.89 bits per heavy atom. The van der Waals surface area contributed by atoms with Gasteiger partial charge in [-0.3, -0.25) is 9.80 Å². The van der Waals surface area contributed by atoms with E-state index in [1.54, 1.807) is 0 Å². The fraction of sp³-hybridized carbons (Fsp3) is 0.586. The molecule has 0 radical (unpaired) electrons. The first-order valence-corrected chi connectivity index (χ1v) is 14.0. The second kappa shape index (κ2) is 11.6. The van der Waals surface area contributed by atoms with Crippen LogP contribution in [0.2, 0.25) is 5.02 Å². The zero-order valence-electron chi connectivity index (χ0n) is 22.0. The van der Waals surface area contributed by atoms with Crippen LogP contribution in [0.1, 0.15) is 68.0 Å². The molecule has 4 heterocycles. The summed E-state index contributed by atoms with van der Waals surface area (Å²) in [5.74, 6) is 1.16. The van der Waals surface area contributed by atoms with Crippen LogP contribution in [0, 0.1) is 12.8 Å². The Morgan fingerprint density at radius 3 is 2.64 bits per heavy atom. The van der Waals surface area contributed by atoms with Crippen LogP contribution in [-0.4, -0.2) is 63.3 Å². The number of nitrogens with zero attached hydrogens (tertiary/aromatic N) is 5. The maximum Gasteiger partial charge on any atom is 0.160 e. The number of piperidine rings is 1. The van der Waals surface area contributed by atoms with Crippen LogP contribution >= 0.6 is 11.6 Å². The molecule has 2 aliphatic rings. The average Bonchev–Trinajstić information content (AvgIpc) is 3.20. The summed E-state index contributed by atoms with van der Waals surface area (Å²) in [5.41, 5.74) is 6.00. The zero-order chi connectivity index (χ0) is 25.1. The summed E-state index contributed by atoms with van der Waals surface area (Å²) in [4.78, 5) is 10.0. The first-order chi connectivity index (χ1) is 17.5. The lowest BCUT2D eigenvalue weighted by Crippen LogP contribution is -2.37. The van der Waals surface area contributed by atoms with Gasteiger partial charge in [-0.05, 0) is 82.7 Å². The van der Waals surface area contributed by atoms with Crippen LogP contribution in [-0.2, 0) is 17.8 Å². The highest BCUT2D eigenvalue weighted by Gasteiger charge is 2.26. The second-order valence-corrected chi connectivity index (χ2v) is 11.4. The van der Waals surface area contributed by atoms with Crippen LogP contribution in [0.3, 0.4) is 0 Å². The third-order valence-electron chi connectivity index (χ3n) is 8.01. The van der Waals surface area contributed by atoms with Gasteiger partial charge in [0.15, 0.2) is 5.65 Å². The zero-order valence-corrected chi connectivity index (χ0v) is 22.8. The van der Waals surface area contributed by atoms with Gasteiger partial charge in [-0.25, -0.2) is 9.50 Å². The first kappa shape index (κ1) is 25.7. The molecule has 1 atom stereocenters. The van der Waals surface area contributed by atoms with Gasteiger partial charge in [-0.2, -0.15) is 5.10 Å². The van der Waals surface area contributed by atoms with E-state index in [1.165, 1.54) is 29.7 Å². The molecule has 0 amide bonds. The number of hydrogen-bond donors (Lipinski definition) is 0. The third kappa shape index (κ3) is 5.94. The summed E-state index contributed by atoms with van der Waals surface area (Å²) in [6, 6.07) is 10.9. The van der Waals surface area contributed by atoms with Crippen molar-refractivity contribution in [2.45, 2.75) is 71.5 Å². The number of benzene rings is 1. The van der Waals surface area contributed by atoms with Crippen LogP contribution < -0.4 is 0 Å². The Hall–Kier alpha value is -1.99. The molecule has 36 heavy (non-hydrogen) atoms. The minimum atomic E-state index is 0.451. The number of rotatable bonds is 8. The fourth-order valence-electron chi connectivity index (χ4n) is 5.82. The van der Waals surface area contributed by atoms with Gasteiger partial charge in [0, 0.05) is 68.1 Å². The largest absolute Gasteiger partial charge is 0.381 e. The number of likely N-dealkylation sites (tertiary alicyclic amines) is 1. The minimum Gasteiger partial charge on any atom is -0.381 e. The van der Waals surface area contributed by atoms with Crippen molar-refractivity contribution in [3.8, 4) is 0 Å². The number of fused-ring (bicyclic) bond motifs is 1. The molecule has 0 N–H and O–H groups in total. The van der Waals surface area contributed by atoms with Gasteiger partial charge < -0.3 is 4.74 Å². The van der Waals surface area contributed by atoms with Crippen molar-refractivity contribution < 1.29 is 4.74 Å². The highest BCUT2D eigenvalue weighted by molar-refractivity contribution is 6.30. The normalized spacial score (nSPS) is 20.1. The standard InChI is InChI=1S/C29H40ClN5O/c1-21(2)34(18-24-11-15-36-16-12-24)20-27-22(3)32-35-28(10-13-31-29(27)35)25-5-4-14-33(19-25)17-23-6-8-26(30)9-7-23/h6-10,13,21,24-25H,4-5,11-12,14-20H2,1-3H3. The van der Waals surface area contributed by atoms with Crippen LogP contribution in [0.5, 0.6) is 0 Å². The van der Waals surface area contributed by atoms with E-state index in [0.717, 1.165) is 75.1 Å². The second-order valence-electron chi connectivity index (χ2n) is 10.9. The summed E-state index contributed by atoms with van der Waals surface area (Å²) in [6.45, 7) is 13.7. The maximum atomic E-state index is 6.09. The quantitative estimate of drug-likeness (QED) is 0.389. The van der Waals surface area contributed by atoms with E-state index in [9.17, 15) is 0 Å². The minimum absolute atomic E-state index is 0.451. The van der Waals surface area contributed by atoms with Crippen molar-refractivity contribution >= 4 is 17.2 Å². The number of hydrogen-bond acceptors (Lipinski definition) is 5. The Labute approximate surface area is 220 Å². The summed E-state index contributed by atoms with van der Waals surface area (Å²) in [7, 11) is 0. The monoisotopic (exact) mass is 509 g/mol.